The fourth-order valence-electron chi connectivity index (χ4n) is 2.38. The fourth-order valence-corrected chi connectivity index (χ4v) is 2.38. The number of hydrogen-bond acceptors (Lipinski definition) is 8. The summed E-state index contributed by atoms with van der Waals surface area (Å²) in [6, 6.07) is 4.99. The van der Waals surface area contributed by atoms with Crippen LogP contribution >= 0.6 is 0 Å². The van der Waals surface area contributed by atoms with Crippen LogP contribution in [0.3, 0.4) is 0 Å². The molecule has 0 spiro atoms. The molecule has 1 aliphatic heterocycles. The number of aliphatic hydroxyl groups is 5. The highest BCUT2D eigenvalue weighted by Gasteiger charge is 2.44. The van der Waals surface area contributed by atoms with Gasteiger partial charge in [0, 0.05) is 6.61 Å². The summed E-state index contributed by atoms with van der Waals surface area (Å²) in [6.45, 7) is -0.534. The van der Waals surface area contributed by atoms with E-state index in [0.717, 1.165) is 5.56 Å². The van der Waals surface area contributed by atoms with Gasteiger partial charge in [0.15, 0.2) is 11.5 Å². The van der Waals surface area contributed by atoms with Gasteiger partial charge in [0.25, 0.3) is 0 Å². The van der Waals surface area contributed by atoms with Crippen molar-refractivity contribution in [2.75, 3.05) is 20.3 Å². The zero-order valence-corrected chi connectivity index (χ0v) is 12.7. The van der Waals surface area contributed by atoms with Crippen LogP contribution in [-0.2, 0) is 11.2 Å². The van der Waals surface area contributed by atoms with Crippen LogP contribution in [0.1, 0.15) is 5.56 Å². The van der Waals surface area contributed by atoms with Crippen LogP contribution in [0.4, 0.5) is 0 Å². The third kappa shape index (κ3) is 3.92. The minimum absolute atomic E-state index is 0.00390. The second kappa shape index (κ2) is 7.91. The number of aliphatic hydroxyl groups excluding tert-OH is 5. The van der Waals surface area contributed by atoms with Gasteiger partial charge in [-0.15, -0.1) is 0 Å². The summed E-state index contributed by atoms with van der Waals surface area (Å²) < 4.78 is 16.0. The van der Waals surface area contributed by atoms with E-state index in [0.29, 0.717) is 12.2 Å². The van der Waals surface area contributed by atoms with E-state index >= 15 is 0 Å². The maximum Gasteiger partial charge on any atom is 0.229 e. The molecule has 23 heavy (non-hydrogen) atoms. The first-order chi connectivity index (χ1) is 11.0. The maximum absolute atomic E-state index is 9.97. The standard InChI is InChI=1S/C15H22O8/c1-21-10-6-8(4-5-16)2-3-9(10)22-15-14(20)13(19)12(18)11(7-17)23-15/h2-3,6,11-20H,4-5,7H2,1H3/t11-,12+,13-,14+,15-/m0/s1. The molecule has 1 heterocycles. The molecule has 0 saturated carbocycles. The smallest absolute Gasteiger partial charge is 0.229 e. The molecule has 1 aromatic rings. The van der Waals surface area contributed by atoms with Crippen molar-refractivity contribution in [2.24, 2.45) is 0 Å². The lowest BCUT2D eigenvalue weighted by Gasteiger charge is -2.39. The van der Waals surface area contributed by atoms with Crippen molar-refractivity contribution in [1.82, 2.24) is 0 Å². The molecule has 5 atom stereocenters. The first kappa shape index (κ1) is 17.9. The first-order valence-electron chi connectivity index (χ1n) is 7.26. The monoisotopic (exact) mass is 330 g/mol. The third-order valence-corrected chi connectivity index (χ3v) is 3.72. The van der Waals surface area contributed by atoms with Gasteiger partial charge < -0.3 is 39.7 Å². The molecule has 1 aromatic carbocycles. The molecule has 0 aromatic heterocycles. The Morgan fingerprint density at radius 2 is 1.78 bits per heavy atom. The van der Waals surface area contributed by atoms with Crippen LogP contribution in [-0.4, -0.2) is 76.6 Å². The van der Waals surface area contributed by atoms with Crippen molar-refractivity contribution in [3.8, 4) is 11.5 Å². The van der Waals surface area contributed by atoms with Crippen molar-refractivity contribution in [2.45, 2.75) is 37.1 Å². The molecular formula is C15H22O8. The van der Waals surface area contributed by atoms with E-state index in [2.05, 4.69) is 0 Å². The average molecular weight is 330 g/mol. The van der Waals surface area contributed by atoms with Gasteiger partial charge in [0.2, 0.25) is 6.29 Å². The number of benzene rings is 1. The zero-order chi connectivity index (χ0) is 17.0. The molecule has 130 valence electrons. The summed E-state index contributed by atoms with van der Waals surface area (Å²) in [5.41, 5.74) is 0.838. The molecule has 5 N–H and O–H groups in total. The highest BCUT2D eigenvalue weighted by molar-refractivity contribution is 5.43. The highest BCUT2D eigenvalue weighted by Crippen LogP contribution is 2.32. The minimum atomic E-state index is -1.51. The zero-order valence-electron chi connectivity index (χ0n) is 12.7. The van der Waals surface area contributed by atoms with Gasteiger partial charge >= 0.3 is 0 Å². The lowest BCUT2D eigenvalue weighted by Crippen LogP contribution is -2.60. The highest BCUT2D eigenvalue weighted by atomic mass is 16.7. The largest absolute Gasteiger partial charge is 0.493 e. The topological polar surface area (TPSA) is 129 Å². The van der Waals surface area contributed by atoms with Crippen molar-refractivity contribution in [1.29, 1.82) is 0 Å². The third-order valence-electron chi connectivity index (χ3n) is 3.72. The summed E-state index contributed by atoms with van der Waals surface area (Å²) in [5.74, 6) is 0.631. The summed E-state index contributed by atoms with van der Waals surface area (Å²) in [6.07, 6.45) is -6.30. The average Bonchev–Trinajstić information content (AvgIpc) is 2.56. The number of ether oxygens (including phenoxy) is 3. The molecule has 8 nitrogen and oxygen atoms in total. The van der Waals surface area contributed by atoms with Gasteiger partial charge in [0.05, 0.1) is 13.7 Å². The molecule has 1 fully saturated rings. The second-order valence-corrected chi connectivity index (χ2v) is 5.27. The Hall–Kier alpha value is -1.42. The van der Waals surface area contributed by atoms with Crippen LogP contribution in [0, 0.1) is 0 Å². The Morgan fingerprint density at radius 1 is 1.04 bits per heavy atom. The summed E-state index contributed by atoms with van der Waals surface area (Å²) in [7, 11) is 1.44. The van der Waals surface area contributed by atoms with Gasteiger partial charge in [-0.1, -0.05) is 6.07 Å². The molecular weight excluding hydrogens is 308 g/mol. The van der Waals surface area contributed by atoms with E-state index in [1.165, 1.54) is 7.11 Å². The Morgan fingerprint density at radius 3 is 2.39 bits per heavy atom. The Bertz CT molecular complexity index is 506. The summed E-state index contributed by atoms with van der Waals surface area (Å²) in [5, 5.41) is 47.6. The first-order valence-corrected chi connectivity index (χ1v) is 7.26. The van der Waals surface area contributed by atoms with Gasteiger partial charge in [0.1, 0.15) is 24.4 Å². The minimum Gasteiger partial charge on any atom is -0.493 e. The fraction of sp³-hybridized carbons (Fsp3) is 0.600. The second-order valence-electron chi connectivity index (χ2n) is 5.27. The lowest BCUT2D eigenvalue weighted by atomic mass is 9.99. The van der Waals surface area contributed by atoms with E-state index in [-0.39, 0.29) is 12.4 Å². The van der Waals surface area contributed by atoms with E-state index < -0.39 is 37.3 Å². The van der Waals surface area contributed by atoms with Gasteiger partial charge in [-0.2, -0.15) is 0 Å². The molecule has 0 aliphatic carbocycles. The van der Waals surface area contributed by atoms with Crippen molar-refractivity contribution < 1.29 is 39.7 Å². The molecule has 2 rings (SSSR count). The van der Waals surface area contributed by atoms with E-state index in [4.69, 9.17) is 24.4 Å². The van der Waals surface area contributed by atoms with Gasteiger partial charge in [-0.05, 0) is 24.1 Å². The number of hydrogen-bond donors (Lipinski definition) is 5. The number of methoxy groups -OCH3 is 1. The Balaban J connectivity index is 2.17. The van der Waals surface area contributed by atoms with Crippen LogP contribution in [0.5, 0.6) is 11.5 Å². The van der Waals surface area contributed by atoms with Crippen LogP contribution in [0.2, 0.25) is 0 Å². The van der Waals surface area contributed by atoms with Crippen molar-refractivity contribution in [3.63, 3.8) is 0 Å². The summed E-state index contributed by atoms with van der Waals surface area (Å²) in [4.78, 5) is 0. The van der Waals surface area contributed by atoms with E-state index in [1.807, 2.05) is 0 Å². The van der Waals surface area contributed by atoms with Crippen LogP contribution in [0.25, 0.3) is 0 Å². The molecule has 0 radical (unpaired) electrons. The molecule has 0 amide bonds. The van der Waals surface area contributed by atoms with Crippen LogP contribution < -0.4 is 9.47 Å². The lowest BCUT2D eigenvalue weighted by molar-refractivity contribution is -0.277. The van der Waals surface area contributed by atoms with Crippen molar-refractivity contribution in [3.05, 3.63) is 23.8 Å². The van der Waals surface area contributed by atoms with Crippen LogP contribution in [0.15, 0.2) is 18.2 Å². The molecule has 1 saturated heterocycles. The number of rotatable bonds is 6. The van der Waals surface area contributed by atoms with Gasteiger partial charge in [-0.25, -0.2) is 0 Å². The van der Waals surface area contributed by atoms with E-state index in [9.17, 15) is 15.3 Å². The van der Waals surface area contributed by atoms with Crippen molar-refractivity contribution >= 4 is 0 Å². The van der Waals surface area contributed by atoms with Gasteiger partial charge in [-0.3, -0.25) is 0 Å². The Labute approximate surface area is 133 Å². The predicted molar refractivity (Wildman–Crippen MR) is 78.2 cm³/mol. The molecule has 0 bridgehead atoms. The molecule has 0 unspecified atom stereocenters. The molecule has 8 heteroatoms. The predicted octanol–water partition coefficient (Wildman–Crippen LogP) is -1.59. The SMILES string of the molecule is COc1cc(CCO)ccc1O[C@H]1O[C@@H](CO)[C@@H](O)[C@H](O)[C@H]1O. The Kier molecular flexibility index (Phi) is 6.17. The summed E-state index contributed by atoms with van der Waals surface area (Å²) >= 11 is 0. The quantitative estimate of drug-likeness (QED) is 0.422. The molecule has 1 aliphatic rings. The maximum atomic E-state index is 9.97. The normalized spacial score (nSPS) is 31.0. The van der Waals surface area contributed by atoms with E-state index in [1.54, 1.807) is 18.2 Å².